The molecule has 13 rings (SSSR count). The smallest absolute Gasteiger partial charge is 0.0803 e. The van der Waals surface area contributed by atoms with E-state index in [1.807, 2.05) is 11.3 Å². The summed E-state index contributed by atoms with van der Waals surface area (Å²) in [4.78, 5) is 2.62. The Morgan fingerprint density at radius 1 is 0.381 bits per heavy atom. The molecule has 1 spiro atoms. The molecule has 1 heterocycles. The number of benzene rings is 8. The molecule has 294 valence electrons. The van der Waals surface area contributed by atoms with Crippen LogP contribution < -0.4 is 4.90 Å². The van der Waals surface area contributed by atoms with Crippen molar-refractivity contribution in [1.29, 1.82) is 0 Å². The number of fused-ring (bicyclic) bond motifs is 11. The average Bonchev–Trinajstić information content (AvgIpc) is 4.06. The van der Waals surface area contributed by atoms with Gasteiger partial charge in [-0.1, -0.05) is 194 Å². The van der Waals surface area contributed by atoms with Gasteiger partial charge in [-0.25, -0.2) is 0 Å². The van der Waals surface area contributed by atoms with Crippen molar-refractivity contribution < 1.29 is 0 Å². The fourth-order valence-electron chi connectivity index (χ4n) is 10.8. The van der Waals surface area contributed by atoms with Gasteiger partial charge in [-0.3, -0.25) is 0 Å². The summed E-state index contributed by atoms with van der Waals surface area (Å²) in [6, 6.07) is 71.3. The molecule has 0 radical (unpaired) electrons. The molecule has 9 aromatic rings. The molecule has 2 heteroatoms. The minimum Gasteiger partial charge on any atom is -0.311 e. The monoisotopic (exact) mass is 817 g/mol. The molecule has 0 N–H and O–H groups in total. The number of thiophene rings is 1. The largest absolute Gasteiger partial charge is 0.311 e. The van der Waals surface area contributed by atoms with Crippen LogP contribution in [0, 0.1) is 5.41 Å². The first kappa shape index (κ1) is 35.9. The number of anilines is 2. The summed E-state index contributed by atoms with van der Waals surface area (Å²) in [6.45, 7) is 0. The summed E-state index contributed by atoms with van der Waals surface area (Å²) in [6.07, 6.45) is 16.9. The molecule has 0 fully saturated rings. The Morgan fingerprint density at radius 3 is 1.62 bits per heavy atom. The van der Waals surface area contributed by atoms with Crippen LogP contribution in [0.1, 0.15) is 22.3 Å². The van der Waals surface area contributed by atoms with Crippen molar-refractivity contribution in [2.45, 2.75) is 0 Å². The first-order valence-electron chi connectivity index (χ1n) is 21.8. The maximum Gasteiger partial charge on any atom is 0.0803 e. The van der Waals surface area contributed by atoms with E-state index in [4.69, 9.17) is 0 Å². The SMILES string of the molecule is C1=CC2(C3=Cc4ccccc4C3=C1)C1=Cc3ccccc3C1=CC=C2N(c1ccccc1-c1ccccc1-c1ccccc1)c1ccccc1-c1cccc2sc3ccccc3c12. The van der Waals surface area contributed by atoms with Gasteiger partial charge in [0.2, 0.25) is 0 Å². The predicted octanol–water partition coefficient (Wildman–Crippen LogP) is 16.6. The molecule has 1 atom stereocenters. The zero-order valence-electron chi connectivity index (χ0n) is 34.4. The fraction of sp³-hybridized carbons (Fsp3) is 0.0164. The molecule has 8 aromatic carbocycles. The number of para-hydroxylation sites is 2. The fourth-order valence-corrected chi connectivity index (χ4v) is 11.9. The van der Waals surface area contributed by atoms with Crippen LogP contribution in [0.2, 0.25) is 0 Å². The van der Waals surface area contributed by atoms with Crippen LogP contribution in [0.25, 0.3) is 76.9 Å². The normalized spacial score (nSPS) is 16.7. The lowest BCUT2D eigenvalue weighted by Crippen LogP contribution is -2.37. The Kier molecular flexibility index (Phi) is 8.06. The first-order chi connectivity index (χ1) is 31.3. The molecule has 0 amide bonds. The van der Waals surface area contributed by atoms with Gasteiger partial charge in [0, 0.05) is 37.0 Å². The number of hydrogen-bond acceptors (Lipinski definition) is 2. The van der Waals surface area contributed by atoms with Crippen molar-refractivity contribution in [1.82, 2.24) is 0 Å². The average molecular weight is 818 g/mol. The standard InChI is InChI=1S/C61H39NS/c1-2-18-40(19-3-1)43-22-8-9-25-46(43)49-26-10-13-31-55(49)62(56-32-14-11-27-50(56)51-29-16-34-58-60(51)52-28-12-15-33-57(52)63-58)59-36-35-48-45-24-7-5-21-42(45)39-54(48)61(59)37-17-30-47-44-23-6-4-20-41(44)38-53(47)61/h1-39H. The van der Waals surface area contributed by atoms with Gasteiger partial charge in [0.15, 0.2) is 0 Å². The quantitative estimate of drug-likeness (QED) is 0.162. The highest BCUT2D eigenvalue weighted by molar-refractivity contribution is 7.25. The molecular weight excluding hydrogens is 779 g/mol. The van der Waals surface area contributed by atoms with Gasteiger partial charge in [0.05, 0.1) is 16.8 Å². The third-order valence-corrected chi connectivity index (χ3v) is 14.6. The second-order valence-corrected chi connectivity index (χ2v) is 17.8. The highest BCUT2D eigenvalue weighted by atomic mass is 32.1. The van der Waals surface area contributed by atoms with Crippen LogP contribution in [0.3, 0.4) is 0 Å². The van der Waals surface area contributed by atoms with Crippen molar-refractivity contribution in [2.75, 3.05) is 4.90 Å². The molecule has 0 bridgehead atoms. The second kappa shape index (κ2) is 14.1. The minimum absolute atomic E-state index is 0.646. The lowest BCUT2D eigenvalue weighted by molar-refractivity contribution is 0.677. The number of hydrogen-bond donors (Lipinski definition) is 0. The van der Waals surface area contributed by atoms with E-state index in [2.05, 4.69) is 242 Å². The Hall–Kier alpha value is -7.78. The Morgan fingerprint density at radius 2 is 0.905 bits per heavy atom. The highest BCUT2D eigenvalue weighted by Crippen LogP contribution is 2.64. The van der Waals surface area contributed by atoms with Crippen LogP contribution in [-0.2, 0) is 0 Å². The molecule has 0 saturated carbocycles. The number of nitrogens with zero attached hydrogens (tertiary/aromatic N) is 1. The maximum atomic E-state index is 2.62. The number of rotatable bonds is 6. The van der Waals surface area contributed by atoms with E-state index in [9.17, 15) is 0 Å². The number of allylic oxidation sites excluding steroid dienone is 7. The lowest BCUT2D eigenvalue weighted by Gasteiger charge is -2.46. The molecule has 1 aromatic heterocycles. The van der Waals surface area contributed by atoms with Gasteiger partial charge in [-0.05, 0) is 109 Å². The van der Waals surface area contributed by atoms with E-state index >= 15 is 0 Å². The van der Waals surface area contributed by atoms with Gasteiger partial charge in [0.25, 0.3) is 0 Å². The van der Waals surface area contributed by atoms with Crippen LogP contribution in [0.15, 0.2) is 241 Å². The van der Waals surface area contributed by atoms with E-state index < -0.39 is 5.41 Å². The predicted molar refractivity (Wildman–Crippen MR) is 269 cm³/mol. The summed E-state index contributed by atoms with van der Waals surface area (Å²) in [5, 5.41) is 2.59. The van der Waals surface area contributed by atoms with E-state index in [0.717, 1.165) is 11.4 Å². The van der Waals surface area contributed by atoms with Crippen LogP contribution in [0.5, 0.6) is 0 Å². The summed E-state index contributed by atoms with van der Waals surface area (Å²) in [5.41, 5.74) is 20.2. The Balaban J connectivity index is 1.14. The minimum atomic E-state index is -0.646. The van der Waals surface area contributed by atoms with E-state index in [1.54, 1.807) is 0 Å². The van der Waals surface area contributed by atoms with Gasteiger partial charge in [0.1, 0.15) is 0 Å². The first-order valence-corrected chi connectivity index (χ1v) is 22.6. The van der Waals surface area contributed by atoms with Gasteiger partial charge in [-0.2, -0.15) is 0 Å². The van der Waals surface area contributed by atoms with E-state index in [-0.39, 0.29) is 0 Å². The van der Waals surface area contributed by atoms with E-state index in [0.29, 0.717) is 0 Å². The summed E-state index contributed by atoms with van der Waals surface area (Å²) >= 11 is 1.87. The lowest BCUT2D eigenvalue weighted by atomic mass is 9.63. The molecular formula is C61H39NS. The van der Waals surface area contributed by atoms with Crippen LogP contribution in [0.4, 0.5) is 11.4 Å². The summed E-state index contributed by atoms with van der Waals surface area (Å²) in [7, 11) is 0. The molecule has 4 aliphatic carbocycles. The van der Waals surface area contributed by atoms with Crippen molar-refractivity contribution in [3.63, 3.8) is 0 Å². The van der Waals surface area contributed by atoms with Crippen LogP contribution >= 0.6 is 11.3 Å². The van der Waals surface area contributed by atoms with Crippen molar-refractivity contribution in [3.8, 4) is 33.4 Å². The summed E-state index contributed by atoms with van der Waals surface area (Å²) < 4.78 is 2.59. The zero-order valence-corrected chi connectivity index (χ0v) is 35.2. The molecule has 1 nitrogen and oxygen atoms in total. The van der Waals surface area contributed by atoms with Crippen molar-refractivity contribution in [2.24, 2.45) is 5.41 Å². The van der Waals surface area contributed by atoms with Crippen molar-refractivity contribution in [3.05, 3.63) is 264 Å². The topological polar surface area (TPSA) is 3.24 Å². The summed E-state index contributed by atoms with van der Waals surface area (Å²) in [5.74, 6) is 0. The third kappa shape index (κ3) is 5.35. The maximum absolute atomic E-state index is 2.62. The Labute approximate surface area is 371 Å². The Bertz CT molecular complexity index is 3550. The van der Waals surface area contributed by atoms with Gasteiger partial charge in [-0.15, -0.1) is 11.3 Å². The van der Waals surface area contributed by atoms with E-state index in [1.165, 1.54) is 104 Å². The van der Waals surface area contributed by atoms with Crippen molar-refractivity contribution >= 4 is 66.2 Å². The molecule has 63 heavy (non-hydrogen) atoms. The zero-order chi connectivity index (χ0) is 41.5. The van der Waals surface area contributed by atoms with Crippen LogP contribution in [-0.4, -0.2) is 0 Å². The molecule has 4 aliphatic rings. The highest BCUT2D eigenvalue weighted by Gasteiger charge is 2.50. The van der Waals surface area contributed by atoms with Gasteiger partial charge < -0.3 is 4.90 Å². The molecule has 1 unspecified atom stereocenters. The molecule has 0 aliphatic heterocycles. The van der Waals surface area contributed by atoms with Gasteiger partial charge >= 0.3 is 0 Å². The molecule has 0 saturated heterocycles. The third-order valence-electron chi connectivity index (χ3n) is 13.5. The second-order valence-electron chi connectivity index (χ2n) is 16.7.